The Morgan fingerprint density at radius 1 is 0.951 bits per heavy atom. The molecule has 1 aliphatic heterocycles. The summed E-state index contributed by atoms with van der Waals surface area (Å²) in [5, 5.41) is 26.1. The zero-order valence-electron chi connectivity index (χ0n) is 21.5. The van der Waals surface area contributed by atoms with Crippen LogP contribution in [0.15, 0.2) is 78.9 Å². The highest BCUT2D eigenvalue weighted by atomic mass is 35.5. The van der Waals surface area contributed by atoms with Gasteiger partial charge in [-0.2, -0.15) is 5.26 Å². The van der Waals surface area contributed by atoms with Crippen LogP contribution in [0.1, 0.15) is 38.0 Å². The molecule has 0 unspecified atom stereocenters. The number of aromatic hydroxyl groups is 1. The second kappa shape index (κ2) is 9.44. The molecule has 200 valence electrons. The number of nitriles is 1. The van der Waals surface area contributed by atoms with Gasteiger partial charge in [0, 0.05) is 57.3 Å². The van der Waals surface area contributed by atoms with Gasteiger partial charge in [-0.25, -0.2) is 0 Å². The van der Waals surface area contributed by atoms with Gasteiger partial charge < -0.3 is 25.3 Å². The average molecular weight is 560 g/mol. The Balaban J connectivity index is 1.20. The van der Waals surface area contributed by atoms with E-state index in [1.54, 1.807) is 47.4 Å². The maximum Gasteiger partial charge on any atom is 0.274 e. The molecular formula is C32H22ClN5O3. The van der Waals surface area contributed by atoms with Crippen molar-refractivity contribution in [1.29, 1.82) is 5.26 Å². The number of nitrogens with zero attached hydrogens (tertiary/aromatic N) is 2. The van der Waals surface area contributed by atoms with Crippen LogP contribution >= 0.6 is 11.6 Å². The first-order valence-corrected chi connectivity index (χ1v) is 13.6. The normalized spacial score (nSPS) is 14.4. The van der Waals surface area contributed by atoms with Crippen LogP contribution in [0.4, 0.5) is 11.4 Å². The van der Waals surface area contributed by atoms with E-state index in [0.29, 0.717) is 45.6 Å². The Kier molecular flexibility index (Phi) is 5.70. The fourth-order valence-corrected chi connectivity index (χ4v) is 5.98. The van der Waals surface area contributed by atoms with Crippen molar-refractivity contribution < 1.29 is 14.7 Å². The average Bonchev–Trinajstić information content (AvgIpc) is 3.71. The van der Waals surface area contributed by atoms with Crippen molar-refractivity contribution in [3.8, 4) is 11.8 Å². The van der Waals surface area contributed by atoms with Gasteiger partial charge >= 0.3 is 0 Å². The van der Waals surface area contributed by atoms with Gasteiger partial charge in [0.1, 0.15) is 17.1 Å². The molecule has 6 aromatic rings. The Hall–Kier alpha value is -5.26. The summed E-state index contributed by atoms with van der Waals surface area (Å²) in [5.41, 5.74) is 4.92. The van der Waals surface area contributed by atoms with E-state index in [2.05, 4.69) is 21.4 Å². The highest BCUT2D eigenvalue weighted by molar-refractivity contribution is 6.19. The quantitative estimate of drug-likeness (QED) is 0.181. The third-order valence-electron chi connectivity index (χ3n) is 7.68. The van der Waals surface area contributed by atoms with Gasteiger partial charge in [-0.05, 0) is 65.5 Å². The number of nitrogens with one attached hydrogen (secondary N) is 3. The number of halogens is 1. The summed E-state index contributed by atoms with van der Waals surface area (Å²) in [6.45, 7) is 0.341. The minimum Gasteiger partial charge on any atom is -0.507 e. The molecule has 0 spiro atoms. The molecular weight excluding hydrogens is 538 g/mol. The van der Waals surface area contributed by atoms with E-state index in [-0.39, 0.29) is 29.4 Å². The number of carbonyl (C=O) groups is 2. The number of alkyl halides is 1. The zero-order chi connectivity index (χ0) is 28.2. The lowest BCUT2D eigenvalue weighted by atomic mass is 9.94. The molecule has 4 N–H and O–H groups in total. The molecule has 0 saturated heterocycles. The van der Waals surface area contributed by atoms with Gasteiger partial charge in [-0.3, -0.25) is 9.59 Å². The van der Waals surface area contributed by atoms with Gasteiger partial charge in [0.15, 0.2) is 0 Å². The molecule has 9 heteroatoms. The van der Waals surface area contributed by atoms with Gasteiger partial charge in [-0.1, -0.05) is 18.2 Å². The first kappa shape index (κ1) is 24.8. The monoisotopic (exact) mass is 559 g/mol. The van der Waals surface area contributed by atoms with E-state index >= 15 is 0 Å². The van der Waals surface area contributed by atoms with Crippen LogP contribution in [0, 0.1) is 11.3 Å². The van der Waals surface area contributed by atoms with Crippen molar-refractivity contribution in [3.05, 3.63) is 101 Å². The van der Waals surface area contributed by atoms with Crippen LogP contribution in [0.25, 0.3) is 32.6 Å². The van der Waals surface area contributed by atoms with Gasteiger partial charge in [0.2, 0.25) is 0 Å². The maximum atomic E-state index is 13.8. The predicted octanol–water partition coefficient (Wildman–Crippen LogP) is 6.61. The molecule has 41 heavy (non-hydrogen) atoms. The minimum absolute atomic E-state index is 0.0308. The van der Waals surface area contributed by atoms with Crippen LogP contribution < -0.4 is 10.2 Å². The Bertz CT molecular complexity index is 2050. The number of phenolic OH excluding ortho intramolecular Hbond substituents is 1. The van der Waals surface area contributed by atoms with E-state index in [0.717, 1.165) is 27.4 Å². The molecule has 1 atom stereocenters. The molecule has 1 aliphatic rings. The topological polar surface area (TPSA) is 125 Å². The summed E-state index contributed by atoms with van der Waals surface area (Å²) in [6, 6.07) is 25.5. The van der Waals surface area contributed by atoms with Crippen molar-refractivity contribution in [2.75, 3.05) is 22.6 Å². The van der Waals surface area contributed by atoms with E-state index in [1.807, 2.05) is 36.4 Å². The standard InChI is InChI=1S/C32H22ClN5O3/c33-14-20-16-38(28-13-29(39)22-7-5-17(15-34)9-23(22)30(20)28)32(41)27-12-19-10-21(6-8-25(19)37-27)35-31(40)26-11-18-3-1-2-4-24(18)36-26/h1-13,20,36-37,39H,14,16H2,(H,35,40)/t20-/m0/s1. The van der Waals surface area contributed by atoms with Crippen LogP contribution in [0.5, 0.6) is 5.75 Å². The second-order valence-electron chi connectivity index (χ2n) is 10.2. The number of para-hydroxylation sites is 1. The molecule has 0 aliphatic carbocycles. The zero-order valence-corrected chi connectivity index (χ0v) is 22.3. The molecule has 2 amide bonds. The molecule has 2 aromatic heterocycles. The molecule has 0 saturated carbocycles. The molecule has 4 aromatic carbocycles. The fourth-order valence-electron chi connectivity index (χ4n) is 5.73. The van der Waals surface area contributed by atoms with Crippen molar-refractivity contribution in [2.24, 2.45) is 0 Å². The molecule has 3 heterocycles. The van der Waals surface area contributed by atoms with Crippen molar-refractivity contribution in [2.45, 2.75) is 5.92 Å². The molecule has 7 rings (SSSR count). The fraction of sp³-hybridized carbons (Fsp3) is 0.0938. The van der Waals surface area contributed by atoms with E-state index < -0.39 is 0 Å². The van der Waals surface area contributed by atoms with E-state index in [4.69, 9.17) is 11.6 Å². The molecule has 0 radical (unpaired) electrons. The summed E-state index contributed by atoms with van der Waals surface area (Å²) < 4.78 is 0. The smallest absolute Gasteiger partial charge is 0.274 e. The SMILES string of the molecule is N#Cc1ccc2c(O)cc3c(c2c1)[C@@H](CCl)CN3C(=O)c1cc2cc(NC(=O)c3cc4ccccc4[nH]3)ccc2[nH]1. The summed E-state index contributed by atoms with van der Waals surface area (Å²) in [6.07, 6.45) is 0. The Labute approximate surface area is 238 Å². The van der Waals surface area contributed by atoms with Crippen LogP contribution in [-0.4, -0.2) is 39.3 Å². The number of hydrogen-bond acceptors (Lipinski definition) is 4. The third kappa shape index (κ3) is 4.06. The van der Waals surface area contributed by atoms with Crippen molar-refractivity contribution >= 4 is 67.4 Å². The first-order chi connectivity index (χ1) is 19.9. The number of benzene rings is 4. The van der Waals surface area contributed by atoms with Gasteiger partial charge in [-0.15, -0.1) is 11.6 Å². The van der Waals surface area contributed by atoms with Gasteiger partial charge in [0.05, 0.1) is 17.3 Å². The third-order valence-corrected chi connectivity index (χ3v) is 8.05. The number of aromatic amines is 2. The number of hydrogen-bond donors (Lipinski definition) is 4. The molecule has 0 fully saturated rings. The van der Waals surface area contributed by atoms with Crippen LogP contribution in [0.3, 0.4) is 0 Å². The summed E-state index contributed by atoms with van der Waals surface area (Å²) >= 11 is 6.35. The lowest BCUT2D eigenvalue weighted by Crippen LogP contribution is -2.30. The maximum absolute atomic E-state index is 13.8. The number of aromatic nitrogens is 2. The van der Waals surface area contributed by atoms with E-state index in [9.17, 15) is 20.0 Å². The summed E-state index contributed by atoms with van der Waals surface area (Å²) in [5.74, 6) is -0.389. The minimum atomic E-state index is -0.270. The van der Waals surface area contributed by atoms with Crippen molar-refractivity contribution in [3.63, 3.8) is 0 Å². The Morgan fingerprint density at radius 3 is 2.54 bits per heavy atom. The number of rotatable bonds is 4. The Morgan fingerprint density at radius 2 is 1.73 bits per heavy atom. The number of amides is 2. The highest BCUT2D eigenvalue weighted by Gasteiger charge is 2.35. The van der Waals surface area contributed by atoms with Gasteiger partial charge in [0.25, 0.3) is 11.8 Å². The number of H-pyrrole nitrogens is 2. The lowest BCUT2D eigenvalue weighted by Gasteiger charge is -2.17. The van der Waals surface area contributed by atoms with E-state index in [1.165, 1.54) is 0 Å². The second-order valence-corrected chi connectivity index (χ2v) is 10.5. The number of carbonyl (C=O) groups excluding carboxylic acids is 2. The number of phenols is 1. The van der Waals surface area contributed by atoms with Crippen LogP contribution in [0.2, 0.25) is 0 Å². The molecule has 0 bridgehead atoms. The molecule has 8 nitrogen and oxygen atoms in total. The highest BCUT2D eigenvalue weighted by Crippen LogP contribution is 2.46. The van der Waals surface area contributed by atoms with Crippen LogP contribution in [-0.2, 0) is 0 Å². The summed E-state index contributed by atoms with van der Waals surface area (Å²) in [7, 11) is 0. The number of fused-ring (bicyclic) bond motifs is 5. The lowest BCUT2D eigenvalue weighted by molar-refractivity contribution is 0.0982. The predicted molar refractivity (Wildman–Crippen MR) is 160 cm³/mol. The number of anilines is 2. The van der Waals surface area contributed by atoms with Crippen molar-refractivity contribution in [1.82, 2.24) is 9.97 Å². The largest absolute Gasteiger partial charge is 0.507 e. The summed E-state index contributed by atoms with van der Waals surface area (Å²) in [4.78, 5) is 34.6. The first-order valence-electron chi connectivity index (χ1n) is 13.0.